The van der Waals surface area contributed by atoms with Gasteiger partial charge in [0.1, 0.15) is 0 Å². The quantitative estimate of drug-likeness (QED) is 0.818. The molecular weight excluding hydrogens is 300 g/mol. The average Bonchev–Trinajstić information content (AvgIpc) is 2.78. The van der Waals surface area contributed by atoms with E-state index in [1.54, 1.807) is 24.3 Å². The average molecular weight is 320 g/mol. The summed E-state index contributed by atoms with van der Waals surface area (Å²) in [6, 6.07) is 7.14. The van der Waals surface area contributed by atoms with Crippen LogP contribution in [0.1, 0.15) is 6.92 Å². The van der Waals surface area contributed by atoms with Crippen molar-refractivity contribution in [3.8, 4) is 0 Å². The standard InChI is InChI=1S/C16H19ClN4O/c1-12-15(11-20-9-7-19(2)8-10-20)16(22)21(18-12)14-5-3-13(17)4-6-14/h3-6,11H,7-10H2,1-2H3/p+1/b15-11-. The second-order valence-electron chi connectivity index (χ2n) is 5.81. The number of nitrogens with zero attached hydrogens (tertiary/aromatic N) is 3. The largest absolute Gasteiger partial charge is 0.365 e. The number of carbonyl (C=O) groups excluding carboxylic acids is 1. The van der Waals surface area contributed by atoms with Crippen LogP contribution in [0.3, 0.4) is 0 Å². The highest BCUT2D eigenvalue weighted by Gasteiger charge is 2.29. The molecule has 1 fully saturated rings. The van der Waals surface area contributed by atoms with Crippen LogP contribution in [0.5, 0.6) is 0 Å². The smallest absolute Gasteiger partial charge is 0.282 e. The predicted molar refractivity (Wildman–Crippen MR) is 88.3 cm³/mol. The molecule has 116 valence electrons. The molecule has 1 aromatic rings. The monoisotopic (exact) mass is 319 g/mol. The maximum Gasteiger partial charge on any atom is 0.282 e. The number of carbonyl (C=O) groups is 1. The zero-order valence-corrected chi connectivity index (χ0v) is 13.6. The fraction of sp³-hybridized carbons (Fsp3) is 0.375. The van der Waals surface area contributed by atoms with E-state index in [0.29, 0.717) is 10.6 Å². The highest BCUT2D eigenvalue weighted by Crippen LogP contribution is 2.25. The second kappa shape index (κ2) is 6.10. The molecule has 0 saturated carbocycles. The number of amides is 1. The Morgan fingerprint density at radius 3 is 2.50 bits per heavy atom. The number of hydrogen-bond acceptors (Lipinski definition) is 3. The van der Waals surface area contributed by atoms with Gasteiger partial charge >= 0.3 is 0 Å². The molecule has 6 heteroatoms. The van der Waals surface area contributed by atoms with Crippen molar-refractivity contribution in [2.24, 2.45) is 5.10 Å². The minimum absolute atomic E-state index is 0.0777. The van der Waals surface area contributed by atoms with Crippen molar-refractivity contribution in [2.45, 2.75) is 6.92 Å². The molecule has 0 spiro atoms. The summed E-state index contributed by atoms with van der Waals surface area (Å²) in [6.45, 7) is 6.00. The molecule has 1 aromatic carbocycles. The van der Waals surface area contributed by atoms with E-state index >= 15 is 0 Å². The molecule has 0 bridgehead atoms. The summed E-state index contributed by atoms with van der Waals surface area (Å²) in [5, 5.41) is 6.48. The molecule has 1 amide bonds. The van der Waals surface area contributed by atoms with Gasteiger partial charge in [-0.1, -0.05) is 11.6 Å². The third kappa shape index (κ3) is 3.00. The zero-order valence-electron chi connectivity index (χ0n) is 12.8. The lowest BCUT2D eigenvalue weighted by atomic mass is 10.2. The number of hydrazone groups is 1. The van der Waals surface area contributed by atoms with Crippen LogP contribution >= 0.6 is 11.6 Å². The lowest BCUT2D eigenvalue weighted by molar-refractivity contribution is -0.883. The number of benzene rings is 1. The highest BCUT2D eigenvalue weighted by atomic mass is 35.5. The fourth-order valence-corrected chi connectivity index (χ4v) is 2.77. The Morgan fingerprint density at radius 2 is 1.86 bits per heavy atom. The van der Waals surface area contributed by atoms with Gasteiger partial charge in [-0.05, 0) is 31.2 Å². The molecule has 22 heavy (non-hydrogen) atoms. The molecule has 1 saturated heterocycles. The molecule has 2 heterocycles. The van der Waals surface area contributed by atoms with Gasteiger partial charge < -0.3 is 9.80 Å². The van der Waals surface area contributed by atoms with Crippen molar-refractivity contribution >= 4 is 28.9 Å². The molecule has 3 rings (SSSR count). The van der Waals surface area contributed by atoms with Crippen LogP contribution in [0.15, 0.2) is 41.1 Å². The summed E-state index contributed by atoms with van der Waals surface area (Å²) in [7, 11) is 2.19. The molecule has 2 aliphatic heterocycles. The van der Waals surface area contributed by atoms with E-state index in [0.717, 1.165) is 37.6 Å². The van der Waals surface area contributed by atoms with Crippen molar-refractivity contribution in [1.82, 2.24) is 4.90 Å². The Morgan fingerprint density at radius 1 is 1.23 bits per heavy atom. The lowest BCUT2D eigenvalue weighted by Gasteiger charge is -2.29. The Labute approximate surface area is 135 Å². The van der Waals surface area contributed by atoms with Crippen LogP contribution in [-0.2, 0) is 4.79 Å². The number of hydrogen-bond donors (Lipinski definition) is 1. The van der Waals surface area contributed by atoms with E-state index < -0.39 is 0 Å². The Balaban J connectivity index is 1.79. The third-order valence-electron chi connectivity index (χ3n) is 4.10. The van der Waals surface area contributed by atoms with E-state index in [1.165, 1.54) is 9.91 Å². The molecule has 0 unspecified atom stereocenters. The minimum atomic E-state index is -0.0777. The van der Waals surface area contributed by atoms with Crippen LogP contribution in [0, 0.1) is 0 Å². The first-order chi connectivity index (χ1) is 10.5. The fourth-order valence-electron chi connectivity index (χ4n) is 2.64. The van der Waals surface area contributed by atoms with Crippen molar-refractivity contribution in [3.63, 3.8) is 0 Å². The van der Waals surface area contributed by atoms with E-state index in [1.807, 2.05) is 13.1 Å². The number of anilines is 1. The molecule has 0 atom stereocenters. The maximum absolute atomic E-state index is 12.6. The molecule has 0 aromatic heterocycles. The number of likely N-dealkylation sites (N-methyl/N-ethyl adjacent to an activating group) is 1. The topological polar surface area (TPSA) is 40.4 Å². The Bertz CT molecular complexity index is 630. The van der Waals surface area contributed by atoms with Crippen LogP contribution in [0.4, 0.5) is 5.69 Å². The number of rotatable bonds is 2. The van der Waals surface area contributed by atoms with Gasteiger partial charge in [0.05, 0.1) is 50.2 Å². The summed E-state index contributed by atoms with van der Waals surface area (Å²) in [5.74, 6) is -0.0777. The van der Waals surface area contributed by atoms with Gasteiger partial charge in [0, 0.05) is 11.2 Å². The van der Waals surface area contributed by atoms with Crippen molar-refractivity contribution < 1.29 is 9.69 Å². The molecule has 0 radical (unpaired) electrons. The molecule has 1 N–H and O–H groups in total. The van der Waals surface area contributed by atoms with Crippen molar-refractivity contribution in [2.75, 3.05) is 38.2 Å². The maximum atomic E-state index is 12.6. The zero-order chi connectivity index (χ0) is 15.7. The van der Waals surface area contributed by atoms with E-state index in [4.69, 9.17) is 11.6 Å². The van der Waals surface area contributed by atoms with E-state index in [-0.39, 0.29) is 5.91 Å². The van der Waals surface area contributed by atoms with Crippen LogP contribution < -0.4 is 9.91 Å². The van der Waals surface area contributed by atoms with Gasteiger partial charge in [-0.3, -0.25) is 4.79 Å². The van der Waals surface area contributed by atoms with Crippen molar-refractivity contribution in [1.29, 1.82) is 0 Å². The van der Waals surface area contributed by atoms with Gasteiger partial charge in [0.2, 0.25) is 0 Å². The first-order valence-electron chi connectivity index (χ1n) is 7.47. The van der Waals surface area contributed by atoms with Gasteiger partial charge in [0.25, 0.3) is 5.91 Å². The van der Waals surface area contributed by atoms with E-state index in [2.05, 4.69) is 17.0 Å². The third-order valence-corrected chi connectivity index (χ3v) is 4.35. The first kappa shape index (κ1) is 15.1. The number of piperazine rings is 1. The van der Waals surface area contributed by atoms with Crippen LogP contribution in [-0.4, -0.2) is 49.7 Å². The summed E-state index contributed by atoms with van der Waals surface area (Å²) < 4.78 is 0. The summed E-state index contributed by atoms with van der Waals surface area (Å²) in [5.41, 5.74) is 2.17. The SMILES string of the molecule is CC1=NN(c2ccc(Cl)cc2)C(=O)/C1=C\N1CC[NH+](C)CC1. The van der Waals surface area contributed by atoms with Gasteiger partial charge in [-0.25, -0.2) is 0 Å². The Kier molecular flexibility index (Phi) is 4.18. The van der Waals surface area contributed by atoms with Gasteiger partial charge in [0.15, 0.2) is 0 Å². The second-order valence-corrected chi connectivity index (χ2v) is 6.25. The molecule has 2 aliphatic rings. The minimum Gasteiger partial charge on any atom is -0.365 e. The van der Waals surface area contributed by atoms with E-state index in [9.17, 15) is 4.79 Å². The summed E-state index contributed by atoms with van der Waals surface area (Å²) in [4.78, 5) is 16.4. The normalized spacial score (nSPS) is 21.7. The van der Waals surface area contributed by atoms with Crippen LogP contribution in [0.25, 0.3) is 0 Å². The molecule has 5 nitrogen and oxygen atoms in total. The number of quaternary nitrogens is 1. The van der Waals surface area contributed by atoms with Gasteiger partial charge in [-0.2, -0.15) is 10.1 Å². The van der Waals surface area contributed by atoms with Crippen molar-refractivity contribution in [3.05, 3.63) is 41.1 Å². The number of halogens is 1. The Hall–Kier alpha value is -1.85. The van der Waals surface area contributed by atoms with Gasteiger partial charge in [-0.15, -0.1) is 0 Å². The summed E-state index contributed by atoms with van der Waals surface area (Å²) in [6.07, 6.45) is 1.96. The van der Waals surface area contributed by atoms with Crippen LogP contribution in [0.2, 0.25) is 5.02 Å². The predicted octanol–water partition coefficient (Wildman–Crippen LogP) is 0.777. The highest BCUT2D eigenvalue weighted by molar-refractivity contribution is 6.31. The first-order valence-corrected chi connectivity index (χ1v) is 7.85. The summed E-state index contributed by atoms with van der Waals surface area (Å²) >= 11 is 5.89. The number of nitrogens with one attached hydrogen (secondary N) is 1. The lowest BCUT2D eigenvalue weighted by Crippen LogP contribution is -3.11. The molecular formula is C16H20ClN4O+. The molecule has 0 aliphatic carbocycles.